The zero-order valence-corrected chi connectivity index (χ0v) is 17.2. The number of halogens is 1. The normalized spacial score (nSPS) is 15.0. The molecule has 2 aromatic heterocycles. The van der Waals surface area contributed by atoms with E-state index in [2.05, 4.69) is 27.3 Å². The quantitative estimate of drug-likeness (QED) is 0.631. The number of nitrogens with zero attached hydrogens (tertiary/aromatic N) is 3. The Balaban J connectivity index is 1.46. The minimum absolute atomic E-state index is 0.193. The highest BCUT2D eigenvalue weighted by Gasteiger charge is 2.13. The number of rotatable bonds is 4. The highest BCUT2D eigenvalue weighted by molar-refractivity contribution is 7.99. The van der Waals surface area contributed by atoms with Crippen LogP contribution in [0.15, 0.2) is 35.9 Å². The second kappa shape index (κ2) is 7.96. The highest BCUT2D eigenvalue weighted by Crippen LogP contribution is 2.25. The van der Waals surface area contributed by atoms with Crippen LogP contribution in [0.2, 0.25) is 5.15 Å². The van der Waals surface area contributed by atoms with Crippen molar-refractivity contribution in [1.29, 1.82) is 0 Å². The molecule has 1 aliphatic heterocycles. The smallest absolute Gasteiger partial charge is 0.248 e. The summed E-state index contributed by atoms with van der Waals surface area (Å²) in [6.07, 6.45) is 5.07. The van der Waals surface area contributed by atoms with Crippen LogP contribution in [-0.2, 0) is 4.79 Å². The third kappa shape index (κ3) is 4.00. The maximum Gasteiger partial charge on any atom is 0.248 e. The number of imidazole rings is 1. The minimum Gasteiger partial charge on any atom is -0.370 e. The number of amides is 1. The Hall–Kier alpha value is -1.96. The largest absolute Gasteiger partial charge is 0.370 e. The van der Waals surface area contributed by atoms with Crippen molar-refractivity contribution < 1.29 is 4.79 Å². The molecule has 1 amide bonds. The average Bonchev–Trinajstić information content (AvgIpc) is 3.23. The van der Waals surface area contributed by atoms with Gasteiger partial charge in [-0.25, -0.2) is 4.98 Å². The third-order valence-electron chi connectivity index (χ3n) is 4.49. The van der Waals surface area contributed by atoms with E-state index in [9.17, 15) is 4.79 Å². The number of fused-ring (bicyclic) bond motifs is 1. The predicted octanol–water partition coefficient (Wildman–Crippen LogP) is 4.56. The number of anilines is 2. The van der Waals surface area contributed by atoms with Crippen molar-refractivity contribution >= 4 is 63.0 Å². The Bertz CT molecular complexity index is 1000. The third-order valence-corrected chi connectivity index (χ3v) is 6.47. The lowest BCUT2D eigenvalue weighted by Crippen LogP contribution is -2.32. The number of hydrogen-bond donors (Lipinski definition) is 1. The fourth-order valence-corrected chi connectivity index (χ4v) is 4.97. The van der Waals surface area contributed by atoms with E-state index in [1.54, 1.807) is 6.08 Å². The first kappa shape index (κ1) is 18.4. The first-order chi connectivity index (χ1) is 13.1. The number of nitrogens with one attached hydrogen (secondary N) is 1. The maximum atomic E-state index is 12.4. The van der Waals surface area contributed by atoms with Gasteiger partial charge in [-0.2, -0.15) is 11.8 Å². The molecule has 1 aromatic carbocycles. The summed E-state index contributed by atoms with van der Waals surface area (Å²) in [6, 6.07) is 6.18. The summed E-state index contributed by atoms with van der Waals surface area (Å²) >= 11 is 9.65. The molecule has 3 aromatic rings. The lowest BCUT2D eigenvalue weighted by Gasteiger charge is -2.29. The van der Waals surface area contributed by atoms with Gasteiger partial charge in [0.25, 0.3) is 0 Å². The van der Waals surface area contributed by atoms with E-state index < -0.39 is 0 Å². The van der Waals surface area contributed by atoms with Crippen LogP contribution >= 0.6 is 34.7 Å². The Kier molecular flexibility index (Phi) is 5.43. The first-order valence-electron chi connectivity index (χ1n) is 8.65. The van der Waals surface area contributed by atoms with E-state index in [4.69, 9.17) is 11.6 Å². The molecule has 1 saturated heterocycles. The molecule has 1 aliphatic rings. The van der Waals surface area contributed by atoms with Crippen LogP contribution in [0.4, 0.5) is 11.4 Å². The van der Waals surface area contributed by atoms with E-state index in [0.29, 0.717) is 10.8 Å². The SMILES string of the molecule is Cc1cc(N2CCSCC2)ccc1NC(=O)C=Cc1c(Cl)nc2sccn12. The van der Waals surface area contributed by atoms with Gasteiger partial charge in [0.15, 0.2) is 10.1 Å². The van der Waals surface area contributed by atoms with E-state index in [1.807, 2.05) is 40.7 Å². The average molecular weight is 419 g/mol. The first-order valence-corrected chi connectivity index (χ1v) is 11.1. The van der Waals surface area contributed by atoms with Crippen molar-refractivity contribution in [3.05, 3.63) is 52.3 Å². The van der Waals surface area contributed by atoms with E-state index in [-0.39, 0.29) is 5.91 Å². The summed E-state index contributed by atoms with van der Waals surface area (Å²) in [5.74, 6) is 2.13. The molecule has 0 aliphatic carbocycles. The number of benzene rings is 1. The zero-order valence-electron chi connectivity index (χ0n) is 14.8. The van der Waals surface area contributed by atoms with Crippen LogP contribution in [-0.4, -0.2) is 39.9 Å². The van der Waals surface area contributed by atoms with Crippen molar-refractivity contribution in [3.8, 4) is 0 Å². The molecule has 0 atom stereocenters. The van der Waals surface area contributed by atoms with Gasteiger partial charge < -0.3 is 10.2 Å². The topological polar surface area (TPSA) is 49.6 Å². The molecule has 1 fully saturated rings. The van der Waals surface area contributed by atoms with Crippen molar-refractivity contribution in [2.75, 3.05) is 34.8 Å². The molecule has 27 heavy (non-hydrogen) atoms. The predicted molar refractivity (Wildman–Crippen MR) is 116 cm³/mol. The maximum absolute atomic E-state index is 12.4. The van der Waals surface area contributed by atoms with E-state index in [0.717, 1.165) is 40.8 Å². The standard InChI is InChI=1S/C19H19ClN4OS2/c1-13-12-14(23-6-9-26-10-7-23)2-3-15(13)21-17(25)5-4-16-18(20)22-19-24(16)8-11-27-19/h2-5,8,11-12H,6-7,9-10H2,1H3,(H,21,25). The lowest BCUT2D eigenvalue weighted by atomic mass is 10.1. The van der Waals surface area contributed by atoms with Gasteiger partial charge in [-0.15, -0.1) is 11.3 Å². The molecule has 8 heteroatoms. The van der Waals surface area contributed by atoms with E-state index >= 15 is 0 Å². The molecular formula is C19H19ClN4OS2. The van der Waals surface area contributed by atoms with Crippen LogP contribution in [0.25, 0.3) is 11.0 Å². The Morgan fingerprint density at radius 2 is 2.15 bits per heavy atom. The number of aromatic nitrogens is 2. The van der Waals surface area contributed by atoms with Crippen molar-refractivity contribution in [2.24, 2.45) is 0 Å². The van der Waals surface area contributed by atoms with Gasteiger partial charge in [-0.05, 0) is 36.8 Å². The summed E-state index contributed by atoms with van der Waals surface area (Å²) in [5.41, 5.74) is 3.79. The monoisotopic (exact) mass is 418 g/mol. The number of thioether (sulfide) groups is 1. The molecule has 0 unspecified atom stereocenters. The Morgan fingerprint density at radius 3 is 2.93 bits per heavy atom. The van der Waals surface area contributed by atoms with Gasteiger partial charge in [0.1, 0.15) is 0 Å². The van der Waals surface area contributed by atoms with Crippen LogP contribution in [0.5, 0.6) is 0 Å². The fraction of sp³-hybridized carbons (Fsp3) is 0.263. The van der Waals surface area contributed by atoms with Gasteiger partial charge in [0.2, 0.25) is 5.91 Å². The summed E-state index contributed by atoms with van der Waals surface area (Å²) in [7, 11) is 0. The minimum atomic E-state index is -0.193. The Labute approximate surface area is 171 Å². The van der Waals surface area contributed by atoms with Gasteiger partial charge in [-0.3, -0.25) is 9.20 Å². The summed E-state index contributed by atoms with van der Waals surface area (Å²) in [6.45, 7) is 4.16. The number of hydrogen-bond acceptors (Lipinski definition) is 5. The molecule has 0 spiro atoms. The second-order valence-corrected chi connectivity index (χ2v) is 8.72. The fourth-order valence-electron chi connectivity index (χ4n) is 3.06. The van der Waals surface area contributed by atoms with Crippen LogP contribution < -0.4 is 10.2 Å². The molecule has 5 nitrogen and oxygen atoms in total. The van der Waals surface area contributed by atoms with Crippen LogP contribution in [0.3, 0.4) is 0 Å². The Morgan fingerprint density at radius 1 is 1.33 bits per heavy atom. The summed E-state index contributed by atoms with van der Waals surface area (Å²) < 4.78 is 1.87. The van der Waals surface area contributed by atoms with Crippen molar-refractivity contribution in [3.63, 3.8) is 0 Å². The van der Waals surface area contributed by atoms with Gasteiger partial charge in [0.05, 0.1) is 5.69 Å². The lowest BCUT2D eigenvalue weighted by molar-refractivity contribution is -0.111. The van der Waals surface area contributed by atoms with Gasteiger partial charge in [-0.1, -0.05) is 11.6 Å². The number of aryl methyl sites for hydroxylation is 1. The molecule has 1 N–H and O–H groups in total. The molecule has 140 valence electrons. The number of carbonyl (C=O) groups excluding carboxylic acids is 1. The molecule has 4 rings (SSSR count). The molecule has 0 saturated carbocycles. The zero-order chi connectivity index (χ0) is 18.8. The second-order valence-electron chi connectivity index (χ2n) is 6.26. The summed E-state index contributed by atoms with van der Waals surface area (Å²) in [5, 5.41) is 5.27. The van der Waals surface area contributed by atoms with Crippen molar-refractivity contribution in [1.82, 2.24) is 9.38 Å². The van der Waals surface area contributed by atoms with Crippen LogP contribution in [0, 0.1) is 6.92 Å². The van der Waals surface area contributed by atoms with Gasteiger partial charge in [0, 0.05) is 53.6 Å². The number of carbonyl (C=O) groups is 1. The molecule has 0 bridgehead atoms. The summed E-state index contributed by atoms with van der Waals surface area (Å²) in [4.78, 5) is 19.8. The van der Waals surface area contributed by atoms with E-state index in [1.165, 1.54) is 23.1 Å². The van der Waals surface area contributed by atoms with Crippen molar-refractivity contribution in [2.45, 2.75) is 6.92 Å². The molecule has 0 radical (unpaired) electrons. The van der Waals surface area contributed by atoms with Crippen LogP contribution in [0.1, 0.15) is 11.3 Å². The molecule has 3 heterocycles. The van der Waals surface area contributed by atoms with Gasteiger partial charge >= 0.3 is 0 Å². The number of thiazole rings is 1. The molecular weight excluding hydrogens is 400 g/mol. The highest BCUT2D eigenvalue weighted by atomic mass is 35.5.